The number of fused-ring (bicyclic) bond motifs is 3. The molecular weight excluding hydrogens is 562 g/mol. The summed E-state index contributed by atoms with van der Waals surface area (Å²) in [5.74, 6) is -9.04. The molecule has 1 amide bonds. The maximum Gasteiger partial charge on any atom is 0.255 e. The van der Waals surface area contributed by atoms with Crippen molar-refractivity contribution in [3.05, 3.63) is 75.4 Å². The Morgan fingerprint density at radius 3 is 2.48 bits per heavy atom. The Morgan fingerprint density at radius 2 is 1.81 bits per heavy atom. The molecule has 1 aromatic heterocycles. The predicted octanol–water partition coefficient (Wildman–Crippen LogP) is 3.13. The number of aromatic hydroxyl groups is 1. The molecule has 0 bridgehead atoms. The lowest BCUT2D eigenvalue weighted by Crippen LogP contribution is -2.63. The van der Waals surface area contributed by atoms with Crippen molar-refractivity contribution in [1.82, 2.24) is 4.98 Å². The van der Waals surface area contributed by atoms with Crippen LogP contribution in [-0.2, 0) is 14.4 Å². The lowest BCUT2D eigenvalue weighted by atomic mass is 9.55. The van der Waals surface area contributed by atoms with E-state index in [1.54, 1.807) is 19.1 Å². The molecule has 42 heavy (non-hydrogen) atoms. The first-order valence-electron chi connectivity index (χ1n) is 13.2. The van der Waals surface area contributed by atoms with Crippen LogP contribution in [0, 0.1) is 18.8 Å². The van der Waals surface area contributed by atoms with E-state index in [4.69, 9.17) is 5.73 Å². The van der Waals surface area contributed by atoms with Crippen LogP contribution in [0.15, 0.2) is 59.4 Å². The molecule has 5 atom stereocenters. The second kappa shape index (κ2) is 9.51. The molecule has 8 N–H and O–H groups in total. The van der Waals surface area contributed by atoms with Crippen molar-refractivity contribution < 1.29 is 39.9 Å². The predicted molar refractivity (Wildman–Crippen MR) is 153 cm³/mol. The number of hydrogen-bond acceptors (Lipinski definition) is 11. The number of aliphatic hydroxyl groups excluding tert-OH is 3. The topological polar surface area (TPSA) is 203 Å². The lowest BCUT2D eigenvalue weighted by molar-refractivity contribution is -0.160. The van der Waals surface area contributed by atoms with Gasteiger partial charge in [-0.2, -0.15) is 0 Å². The lowest BCUT2D eigenvalue weighted by Gasteiger charge is -2.50. The zero-order valence-corrected chi connectivity index (χ0v) is 23.3. The number of carbonyl (C=O) groups is 3. The van der Waals surface area contributed by atoms with Crippen LogP contribution in [0.3, 0.4) is 0 Å². The summed E-state index contributed by atoms with van der Waals surface area (Å²) in [4.78, 5) is 43.9. The van der Waals surface area contributed by atoms with Gasteiger partial charge in [-0.3, -0.25) is 14.4 Å². The number of phenols is 1. The number of amides is 1. The molecule has 1 heterocycles. The molecule has 2 aromatic carbocycles. The van der Waals surface area contributed by atoms with Crippen LogP contribution >= 0.6 is 11.3 Å². The fourth-order valence-electron chi connectivity index (χ4n) is 6.53. The summed E-state index contributed by atoms with van der Waals surface area (Å²) in [7, 11) is 0. The van der Waals surface area contributed by atoms with Crippen LogP contribution in [0.2, 0.25) is 0 Å². The Hall–Kier alpha value is -4.52. The average Bonchev–Trinajstić information content (AvgIpc) is 3.32. The summed E-state index contributed by atoms with van der Waals surface area (Å²) >= 11 is 1.36. The smallest absolute Gasteiger partial charge is 0.255 e. The van der Waals surface area contributed by atoms with E-state index in [9.17, 15) is 39.9 Å². The number of phenolic OH excluding ortho intramolecular Hbond substituents is 1. The van der Waals surface area contributed by atoms with Crippen molar-refractivity contribution in [3.63, 3.8) is 0 Å². The number of thiazole rings is 1. The second-order valence-electron chi connectivity index (χ2n) is 10.8. The average molecular weight is 590 g/mol. The molecule has 3 aromatic rings. The fourth-order valence-corrected chi connectivity index (χ4v) is 7.38. The van der Waals surface area contributed by atoms with E-state index in [0.717, 1.165) is 16.1 Å². The van der Waals surface area contributed by atoms with Gasteiger partial charge < -0.3 is 36.6 Å². The Kier molecular flexibility index (Phi) is 6.26. The molecule has 0 aliphatic heterocycles. The number of carbonyl (C=O) groups excluding carboxylic acids is 3. The number of ketones is 2. The van der Waals surface area contributed by atoms with Crippen molar-refractivity contribution >= 4 is 45.4 Å². The number of aliphatic hydroxyl groups is 4. The zero-order valence-electron chi connectivity index (χ0n) is 22.5. The van der Waals surface area contributed by atoms with Gasteiger partial charge in [0.1, 0.15) is 22.8 Å². The van der Waals surface area contributed by atoms with Gasteiger partial charge in [0.2, 0.25) is 5.78 Å². The summed E-state index contributed by atoms with van der Waals surface area (Å²) < 4.78 is 0. The number of Topliss-reactive ketones (excluding diaryl/α,β-unsaturated/α-hetero) is 2. The number of nitrogens with zero attached hydrogens (tertiary/aromatic N) is 1. The van der Waals surface area contributed by atoms with Crippen molar-refractivity contribution in [2.24, 2.45) is 17.6 Å². The minimum absolute atomic E-state index is 0.0941. The molecular formula is C30H27N3O8S. The standard InChI is InChI=1S/C30H27N3O8S/c1-11-14-8-9-16(32-29-33-22(12(2)42-29)13-6-4-3-5-7-13)24(36)19(14)25(37)21-18(11)23(35)15-10-17(34)20(28(31)40)26(38)30(15,41)27(21)39/h3-9,11,15,18,23,35-38,41H,10H2,1-2H3,(H2,31,40)(H,32,33)/t11-,15+,18+,23+,30+/m0/s1. The Bertz CT molecular complexity index is 1760. The van der Waals surface area contributed by atoms with Crippen LogP contribution in [0.25, 0.3) is 17.0 Å². The van der Waals surface area contributed by atoms with Gasteiger partial charge in [-0.15, -0.1) is 11.3 Å². The zero-order chi connectivity index (χ0) is 30.2. The summed E-state index contributed by atoms with van der Waals surface area (Å²) in [6.07, 6.45) is -2.20. The molecule has 0 spiro atoms. The number of hydrogen-bond donors (Lipinski definition) is 7. The van der Waals surface area contributed by atoms with Gasteiger partial charge in [0.25, 0.3) is 5.91 Å². The molecule has 11 nitrogen and oxygen atoms in total. The van der Waals surface area contributed by atoms with Crippen LogP contribution in [0.5, 0.6) is 5.75 Å². The van der Waals surface area contributed by atoms with Gasteiger partial charge in [-0.1, -0.05) is 43.3 Å². The summed E-state index contributed by atoms with van der Waals surface area (Å²) in [6, 6.07) is 12.8. The van der Waals surface area contributed by atoms with Crippen LogP contribution < -0.4 is 11.1 Å². The van der Waals surface area contributed by atoms with Gasteiger partial charge in [0, 0.05) is 34.3 Å². The monoisotopic (exact) mass is 589 g/mol. The molecule has 216 valence electrons. The minimum Gasteiger partial charge on any atom is -0.508 e. The normalized spacial score (nSPS) is 27.0. The molecule has 0 unspecified atom stereocenters. The molecule has 3 aliphatic carbocycles. The highest BCUT2D eigenvalue weighted by Crippen LogP contribution is 2.56. The third kappa shape index (κ3) is 3.72. The Labute approximate surface area is 243 Å². The van der Waals surface area contributed by atoms with E-state index in [1.807, 2.05) is 37.3 Å². The molecule has 12 heteroatoms. The highest BCUT2D eigenvalue weighted by atomic mass is 32.1. The fraction of sp³-hybridized carbons (Fsp3) is 0.267. The molecule has 0 radical (unpaired) electrons. The number of benzene rings is 2. The number of nitrogens with one attached hydrogen (secondary N) is 1. The third-order valence-corrected chi connectivity index (χ3v) is 9.47. The van der Waals surface area contributed by atoms with E-state index in [2.05, 4.69) is 10.3 Å². The van der Waals surface area contributed by atoms with Gasteiger partial charge in [-0.25, -0.2) is 4.98 Å². The number of anilines is 2. The van der Waals surface area contributed by atoms with E-state index >= 15 is 0 Å². The van der Waals surface area contributed by atoms with E-state index in [-0.39, 0.29) is 11.3 Å². The van der Waals surface area contributed by atoms with Gasteiger partial charge in [0.05, 0.1) is 23.0 Å². The van der Waals surface area contributed by atoms with Gasteiger partial charge in [-0.05, 0) is 24.5 Å². The second-order valence-corrected chi connectivity index (χ2v) is 12.0. The van der Waals surface area contributed by atoms with E-state index in [1.165, 1.54) is 11.3 Å². The van der Waals surface area contributed by atoms with Crippen LogP contribution in [-0.4, -0.2) is 59.7 Å². The maximum absolute atomic E-state index is 13.8. The molecule has 1 saturated carbocycles. The highest BCUT2D eigenvalue weighted by Gasteiger charge is 2.64. The van der Waals surface area contributed by atoms with Gasteiger partial charge >= 0.3 is 0 Å². The van der Waals surface area contributed by atoms with Crippen LogP contribution in [0.4, 0.5) is 10.8 Å². The van der Waals surface area contributed by atoms with Crippen molar-refractivity contribution in [3.8, 4) is 17.0 Å². The Morgan fingerprint density at radius 1 is 1.12 bits per heavy atom. The number of aromatic nitrogens is 1. The summed E-state index contributed by atoms with van der Waals surface area (Å²) in [5, 5.41) is 59.9. The van der Waals surface area contributed by atoms with Gasteiger partial charge in [0.15, 0.2) is 16.5 Å². The molecule has 6 rings (SSSR count). The largest absolute Gasteiger partial charge is 0.508 e. The number of aryl methyl sites for hydroxylation is 1. The maximum atomic E-state index is 13.8. The number of nitrogens with two attached hydrogens (primary N) is 1. The quantitative estimate of drug-likeness (QED) is 0.175. The first-order chi connectivity index (χ1) is 19.9. The number of rotatable bonds is 4. The van der Waals surface area contributed by atoms with Crippen LogP contribution in [0.1, 0.15) is 35.3 Å². The molecule has 1 fully saturated rings. The summed E-state index contributed by atoms with van der Waals surface area (Å²) in [6.45, 7) is 3.59. The Balaban J connectivity index is 1.45. The highest BCUT2D eigenvalue weighted by molar-refractivity contribution is 7.16. The van der Waals surface area contributed by atoms with E-state index in [0.29, 0.717) is 10.7 Å². The molecule has 0 saturated heterocycles. The first kappa shape index (κ1) is 27.6. The molecule has 3 aliphatic rings. The summed E-state index contributed by atoms with van der Waals surface area (Å²) in [5.41, 5.74) is 3.17. The third-order valence-electron chi connectivity index (χ3n) is 8.59. The first-order valence-corrected chi connectivity index (χ1v) is 14.0. The minimum atomic E-state index is -2.88. The number of primary amides is 1. The SMILES string of the molecule is Cc1sc(Nc2ccc3c(c2O)C(O)=C2C(=O)[C@]4(O)C(O)=C(C(N)=O)C(=O)C[C@@H]4[C@@H](O)[C@@H]2[C@H]3C)nc1-c1ccccc1. The van der Waals surface area contributed by atoms with Crippen molar-refractivity contribution in [1.29, 1.82) is 0 Å². The van der Waals surface area contributed by atoms with E-state index < -0.39 is 81.8 Å². The van der Waals surface area contributed by atoms with Crippen molar-refractivity contribution in [2.75, 3.05) is 5.32 Å². The van der Waals surface area contributed by atoms with Crippen molar-refractivity contribution in [2.45, 2.75) is 37.9 Å².